The van der Waals surface area contributed by atoms with E-state index in [1.165, 1.54) is 6.42 Å². The lowest BCUT2D eigenvalue weighted by atomic mass is 9.97. The number of carbonyl (C=O) groups is 2. The third-order valence-corrected chi connectivity index (χ3v) is 4.77. The zero-order valence-electron chi connectivity index (χ0n) is 13.9. The number of aryl methyl sites for hydroxylation is 1. The van der Waals surface area contributed by atoms with Crippen molar-refractivity contribution < 1.29 is 9.59 Å². The van der Waals surface area contributed by atoms with Crippen LogP contribution in [0.3, 0.4) is 0 Å². The molecule has 3 rings (SSSR count). The Kier molecular flexibility index (Phi) is 4.55. The Morgan fingerprint density at radius 2 is 2.09 bits per heavy atom. The summed E-state index contributed by atoms with van der Waals surface area (Å²) in [6.07, 6.45) is 3.52. The van der Waals surface area contributed by atoms with Gasteiger partial charge in [0.1, 0.15) is 0 Å². The summed E-state index contributed by atoms with van der Waals surface area (Å²) in [6.45, 7) is 6.07. The molecule has 1 aromatic rings. The molecule has 0 aliphatic carbocycles. The van der Waals surface area contributed by atoms with Gasteiger partial charge in [0.05, 0.1) is 0 Å². The number of anilines is 2. The number of benzene rings is 1. The number of carbonyl (C=O) groups excluding carboxylic acids is 2. The fraction of sp³-hybridized carbons (Fsp3) is 0.556. The molecule has 1 fully saturated rings. The van der Waals surface area contributed by atoms with Crippen molar-refractivity contribution in [3.63, 3.8) is 0 Å². The molecule has 0 unspecified atom stereocenters. The van der Waals surface area contributed by atoms with Crippen LogP contribution in [0, 0.1) is 11.8 Å². The highest BCUT2D eigenvalue weighted by atomic mass is 16.2. The maximum atomic E-state index is 12.5. The first-order valence-corrected chi connectivity index (χ1v) is 8.50. The largest absolute Gasteiger partial charge is 0.326 e. The van der Waals surface area contributed by atoms with E-state index in [4.69, 9.17) is 0 Å². The molecule has 0 radical (unpaired) electrons. The van der Waals surface area contributed by atoms with Gasteiger partial charge in [-0.15, -0.1) is 0 Å². The summed E-state index contributed by atoms with van der Waals surface area (Å²) in [7, 11) is 0. The van der Waals surface area contributed by atoms with Crippen molar-refractivity contribution in [2.75, 3.05) is 23.7 Å². The molecule has 0 aromatic heterocycles. The van der Waals surface area contributed by atoms with Gasteiger partial charge in [-0.1, -0.05) is 19.9 Å². The molecular weight excluding hydrogens is 290 g/mol. The maximum absolute atomic E-state index is 12.5. The number of fused-ring (bicyclic) bond motifs is 1. The van der Waals surface area contributed by atoms with Crippen LogP contribution in [-0.2, 0) is 11.2 Å². The van der Waals surface area contributed by atoms with Crippen LogP contribution in [0.15, 0.2) is 18.2 Å². The molecule has 0 saturated carbocycles. The molecule has 5 nitrogen and oxygen atoms in total. The van der Waals surface area contributed by atoms with E-state index in [0.717, 1.165) is 42.9 Å². The summed E-state index contributed by atoms with van der Waals surface area (Å²) in [5, 5.41) is 5.85. The number of amides is 3. The van der Waals surface area contributed by atoms with E-state index in [9.17, 15) is 9.59 Å². The fourth-order valence-corrected chi connectivity index (χ4v) is 3.56. The minimum Gasteiger partial charge on any atom is -0.326 e. The second kappa shape index (κ2) is 6.60. The van der Waals surface area contributed by atoms with E-state index in [0.29, 0.717) is 18.3 Å². The molecule has 2 aliphatic rings. The lowest BCUT2D eigenvalue weighted by Crippen LogP contribution is -2.37. The van der Waals surface area contributed by atoms with Gasteiger partial charge in [-0.25, -0.2) is 4.79 Å². The van der Waals surface area contributed by atoms with Crippen molar-refractivity contribution in [3.8, 4) is 0 Å². The SMILES string of the molecule is C[C@@H]1C[C@@H](C)CCN(C(=O)Nc2ccc3c(c2)NC(=O)CC3)C1. The molecule has 2 aliphatic heterocycles. The average Bonchev–Trinajstić information content (AvgIpc) is 2.67. The van der Waals surface area contributed by atoms with E-state index < -0.39 is 0 Å². The van der Waals surface area contributed by atoms with Gasteiger partial charge in [0.25, 0.3) is 0 Å². The molecule has 2 atom stereocenters. The Morgan fingerprint density at radius 3 is 2.91 bits per heavy atom. The fourth-order valence-electron chi connectivity index (χ4n) is 3.56. The lowest BCUT2D eigenvalue weighted by molar-refractivity contribution is -0.116. The predicted molar refractivity (Wildman–Crippen MR) is 91.5 cm³/mol. The zero-order chi connectivity index (χ0) is 16.4. The Morgan fingerprint density at radius 1 is 1.26 bits per heavy atom. The minimum absolute atomic E-state index is 0.0382. The molecule has 1 aromatic carbocycles. The molecule has 5 heteroatoms. The third-order valence-electron chi connectivity index (χ3n) is 4.77. The van der Waals surface area contributed by atoms with Crippen LogP contribution < -0.4 is 10.6 Å². The number of likely N-dealkylation sites (tertiary alicyclic amines) is 1. The summed E-state index contributed by atoms with van der Waals surface area (Å²) in [5.41, 5.74) is 2.68. The smallest absolute Gasteiger partial charge is 0.321 e. The Balaban J connectivity index is 1.68. The average molecular weight is 315 g/mol. The second-order valence-corrected chi connectivity index (χ2v) is 7.03. The van der Waals surface area contributed by atoms with Crippen LogP contribution in [0.4, 0.5) is 16.2 Å². The summed E-state index contributed by atoms with van der Waals surface area (Å²) < 4.78 is 0. The van der Waals surface area contributed by atoms with E-state index in [2.05, 4.69) is 24.5 Å². The highest BCUT2D eigenvalue weighted by Crippen LogP contribution is 2.27. The number of hydrogen-bond donors (Lipinski definition) is 2. The van der Waals surface area contributed by atoms with Gasteiger partial charge in [-0.2, -0.15) is 0 Å². The highest BCUT2D eigenvalue weighted by molar-refractivity contribution is 5.96. The zero-order valence-corrected chi connectivity index (χ0v) is 13.9. The van der Waals surface area contributed by atoms with Gasteiger partial charge in [-0.05, 0) is 48.8 Å². The number of urea groups is 1. The van der Waals surface area contributed by atoms with E-state index in [-0.39, 0.29) is 11.9 Å². The quantitative estimate of drug-likeness (QED) is 0.833. The van der Waals surface area contributed by atoms with Crippen molar-refractivity contribution >= 4 is 23.3 Å². The highest BCUT2D eigenvalue weighted by Gasteiger charge is 2.23. The maximum Gasteiger partial charge on any atom is 0.321 e. The molecule has 1 saturated heterocycles. The first-order valence-electron chi connectivity index (χ1n) is 8.50. The van der Waals surface area contributed by atoms with E-state index >= 15 is 0 Å². The summed E-state index contributed by atoms with van der Waals surface area (Å²) >= 11 is 0. The van der Waals surface area contributed by atoms with Gasteiger partial charge in [0.2, 0.25) is 5.91 Å². The van der Waals surface area contributed by atoms with Gasteiger partial charge in [0, 0.05) is 30.9 Å². The van der Waals surface area contributed by atoms with Crippen LogP contribution in [-0.4, -0.2) is 29.9 Å². The number of rotatable bonds is 1. The van der Waals surface area contributed by atoms with Crippen molar-refractivity contribution in [1.82, 2.24) is 4.90 Å². The van der Waals surface area contributed by atoms with Gasteiger partial charge >= 0.3 is 6.03 Å². The van der Waals surface area contributed by atoms with Crippen LogP contribution in [0.25, 0.3) is 0 Å². The monoisotopic (exact) mass is 315 g/mol. The van der Waals surface area contributed by atoms with Crippen LogP contribution >= 0.6 is 0 Å². The Bertz CT molecular complexity index is 614. The standard InChI is InChI=1S/C18H25N3O2/c1-12-7-8-21(11-13(2)9-12)18(23)19-15-5-3-14-4-6-17(22)20-16(14)10-15/h3,5,10,12-13H,4,6-9,11H2,1-2H3,(H,19,23)(H,20,22)/t12-,13+/m0/s1. The van der Waals surface area contributed by atoms with Crippen LogP contribution in [0.5, 0.6) is 0 Å². The molecule has 2 heterocycles. The molecule has 124 valence electrons. The second-order valence-electron chi connectivity index (χ2n) is 7.03. The van der Waals surface area contributed by atoms with Gasteiger partial charge in [-0.3, -0.25) is 4.79 Å². The number of nitrogens with zero attached hydrogens (tertiary/aromatic N) is 1. The number of hydrogen-bond acceptors (Lipinski definition) is 2. The summed E-state index contributed by atoms with van der Waals surface area (Å²) in [4.78, 5) is 25.9. The van der Waals surface area contributed by atoms with Crippen molar-refractivity contribution in [1.29, 1.82) is 0 Å². The Labute approximate surface area is 137 Å². The molecule has 3 amide bonds. The lowest BCUT2D eigenvalue weighted by Gasteiger charge is -2.24. The van der Waals surface area contributed by atoms with Crippen LogP contribution in [0.2, 0.25) is 0 Å². The van der Waals surface area contributed by atoms with Gasteiger partial charge in [0.15, 0.2) is 0 Å². The number of nitrogens with one attached hydrogen (secondary N) is 2. The van der Waals surface area contributed by atoms with Crippen molar-refractivity contribution in [2.24, 2.45) is 11.8 Å². The third kappa shape index (κ3) is 3.84. The Hall–Kier alpha value is -2.04. The van der Waals surface area contributed by atoms with Gasteiger partial charge < -0.3 is 15.5 Å². The topological polar surface area (TPSA) is 61.4 Å². The molecule has 2 N–H and O–H groups in total. The van der Waals surface area contributed by atoms with E-state index in [1.54, 1.807) is 0 Å². The van der Waals surface area contributed by atoms with Crippen molar-refractivity contribution in [3.05, 3.63) is 23.8 Å². The molecule has 23 heavy (non-hydrogen) atoms. The molecule has 0 bridgehead atoms. The van der Waals surface area contributed by atoms with Crippen molar-refractivity contribution in [2.45, 2.75) is 39.5 Å². The summed E-state index contributed by atoms with van der Waals surface area (Å²) in [6, 6.07) is 5.71. The molecule has 0 spiro atoms. The minimum atomic E-state index is -0.0481. The first kappa shape index (κ1) is 15.8. The van der Waals surface area contributed by atoms with Crippen LogP contribution in [0.1, 0.15) is 38.7 Å². The normalized spacial score (nSPS) is 24.4. The van der Waals surface area contributed by atoms with E-state index in [1.807, 2.05) is 23.1 Å². The summed E-state index contributed by atoms with van der Waals surface area (Å²) in [5.74, 6) is 1.24. The first-order chi connectivity index (χ1) is 11.0. The molecular formula is C18H25N3O2. The predicted octanol–water partition coefficient (Wildman–Crippen LogP) is 3.47.